The van der Waals surface area contributed by atoms with Crippen LogP contribution in [-0.4, -0.2) is 71.3 Å². The quantitative estimate of drug-likeness (QED) is 0.815. The summed E-state index contributed by atoms with van der Waals surface area (Å²) >= 11 is 6.35. The molecule has 2 fully saturated rings. The van der Waals surface area contributed by atoms with Crippen LogP contribution in [0.15, 0.2) is 12.1 Å². The molecule has 8 heteroatoms. The third-order valence-electron chi connectivity index (χ3n) is 6.22. The maximum absolute atomic E-state index is 13.0. The number of hydrogen-bond acceptors (Lipinski definition) is 3. The van der Waals surface area contributed by atoms with Crippen molar-refractivity contribution in [3.8, 4) is 0 Å². The summed E-state index contributed by atoms with van der Waals surface area (Å²) in [5.41, 5.74) is 3.14. The molecule has 4 rings (SSSR count). The predicted octanol–water partition coefficient (Wildman–Crippen LogP) is 3.35. The Bertz CT molecular complexity index is 787. The highest BCUT2D eigenvalue weighted by atomic mass is 35.5. The van der Waals surface area contributed by atoms with Crippen LogP contribution in [-0.2, 0) is 17.7 Å². The van der Waals surface area contributed by atoms with Gasteiger partial charge in [0.25, 0.3) is 0 Å². The molecule has 0 unspecified atom stereocenters. The Hall–Kier alpha value is -1.99. The lowest BCUT2D eigenvalue weighted by molar-refractivity contribution is 0.104. The number of rotatable bonds is 2. The summed E-state index contributed by atoms with van der Waals surface area (Å²) in [7, 11) is 1.68. The number of carboxylic acid groups (broad SMARTS) is 1. The number of halogens is 1. The summed E-state index contributed by atoms with van der Waals surface area (Å²) in [5, 5.41) is 10.2. The minimum Gasteiger partial charge on any atom is -0.465 e. The van der Waals surface area contributed by atoms with Crippen LogP contribution in [0.5, 0.6) is 0 Å². The Morgan fingerprint density at radius 1 is 1.18 bits per heavy atom. The molecule has 0 spiro atoms. The van der Waals surface area contributed by atoms with Gasteiger partial charge in [-0.05, 0) is 54.5 Å². The normalized spacial score (nSPS) is 24.6. The van der Waals surface area contributed by atoms with Gasteiger partial charge in [-0.1, -0.05) is 11.6 Å². The lowest BCUT2D eigenvalue weighted by Gasteiger charge is -2.35. The molecule has 0 aromatic heterocycles. The van der Waals surface area contributed by atoms with Crippen molar-refractivity contribution < 1.29 is 19.4 Å². The Kier molecular flexibility index (Phi) is 5.38. The molecular formula is C20H26ClN3O4. The number of methoxy groups -OCH3 is 1. The fourth-order valence-electron chi connectivity index (χ4n) is 4.73. The van der Waals surface area contributed by atoms with Crippen LogP contribution >= 0.6 is 11.6 Å². The first-order valence-corrected chi connectivity index (χ1v) is 10.2. The summed E-state index contributed by atoms with van der Waals surface area (Å²) in [5.74, 6) is 0. The second kappa shape index (κ2) is 7.79. The molecule has 1 aromatic rings. The SMILES string of the molecule is CO[C@H]1CCN(C(=O)N2CCc3cc(Cl)cc([C@@H]4CCCN4C(=O)O)c3C2)C1. The van der Waals surface area contributed by atoms with Gasteiger partial charge < -0.3 is 24.5 Å². The van der Waals surface area contributed by atoms with E-state index in [1.54, 1.807) is 7.11 Å². The third kappa shape index (κ3) is 3.53. The number of carbonyl (C=O) groups excluding carboxylic acids is 1. The Balaban J connectivity index is 1.59. The van der Waals surface area contributed by atoms with E-state index in [9.17, 15) is 14.7 Å². The second-order valence-electron chi connectivity index (χ2n) is 7.81. The number of hydrogen-bond donors (Lipinski definition) is 1. The first kappa shape index (κ1) is 19.3. The predicted molar refractivity (Wildman–Crippen MR) is 105 cm³/mol. The van der Waals surface area contributed by atoms with Gasteiger partial charge >= 0.3 is 12.1 Å². The highest BCUT2D eigenvalue weighted by Crippen LogP contribution is 2.38. The summed E-state index contributed by atoms with van der Waals surface area (Å²) in [6, 6.07) is 3.69. The van der Waals surface area contributed by atoms with E-state index < -0.39 is 6.09 Å². The van der Waals surface area contributed by atoms with Gasteiger partial charge in [0.2, 0.25) is 0 Å². The molecule has 1 N–H and O–H groups in total. The standard InChI is InChI=1S/C20H26ClN3O4/c1-28-15-5-8-22(11-15)19(25)23-7-4-13-9-14(21)10-16(17(13)12-23)18-3-2-6-24(18)20(26)27/h9-10,15,18H,2-8,11-12H2,1H3,(H,26,27)/t15-,18-/m0/s1. The van der Waals surface area contributed by atoms with Gasteiger partial charge in [-0.25, -0.2) is 9.59 Å². The zero-order valence-electron chi connectivity index (χ0n) is 16.1. The van der Waals surface area contributed by atoms with Crippen molar-refractivity contribution >= 4 is 23.7 Å². The number of carbonyl (C=O) groups is 2. The van der Waals surface area contributed by atoms with Crippen LogP contribution < -0.4 is 0 Å². The third-order valence-corrected chi connectivity index (χ3v) is 6.44. The van der Waals surface area contributed by atoms with E-state index in [1.807, 2.05) is 21.9 Å². The average Bonchev–Trinajstić information content (AvgIpc) is 3.35. The fraction of sp³-hybridized carbons (Fsp3) is 0.600. The van der Waals surface area contributed by atoms with E-state index in [4.69, 9.17) is 16.3 Å². The van der Waals surface area contributed by atoms with Gasteiger partial charge in [-0.3, -0.25) is 0 Å². The van der Waals surface area contributed by atoms with E-state index in [1.165, 1.54) is 4.90 Å². The van der Waals surface area contributed by atoms with E-state index in [-0.39, 0.29) is 18.2 Å². The summed E-state index contributed by atoms with van der Waals surface area (Å²) in [6.07, 6.45) is 2.43. The van der Waals surface area contributed by atoms with Crippen LogP contribution in [0.2, 0.25) is 5.02 Å². The molecule has 2 saturated heterocycles. The highest BCUT2D eigenvalue weighted by molar-refractivity contribution is 6.30. The zero-order chi connectivity index (χ0) is 19.8. The smallest absolute Gasteiger partial charge is 0.407 e. The largest absolute Gasteiger partial charge is 0.465 e. The van der Waals surface area contributed by atoms with Crippen molar-refractivity contribution in [2.45, 2.75) is 44.4 Å². The van der Waals surface area contributed by atoms with Crippen molar-refractivity contribution in [1.82, 2.24) is 14.7 Å². The van der Waals surface area contributed by atoms with E-state index in [2.05, 4.69) is 0 Å². The maximum Gasteiger partial charge on any atom is 0.407 e. The van der Waals surface area contributed by atoms with Gasteiger partial charge in [0.05, 0.1) is 12.1 Å². The first-order chi connectivity index (χ1) is 13.5. The maximum atomic E-state index is 13.0. The summed E-state index contributed by atoms with van der Waals surface area (Å²) in [6.45, 7) is 3.02. The molecule has 3 aliphatic heterocycles. The Labute approximate surface area is 169 Å². The molecule has 0 bridgehead atoms. The van der Waals surface area contributed by atoms with Crippen molar-refractivity contribution in [1.29, 1.82) is 0 Å². The molecule has 152 valence electrons. The first-order valence-electron chi connectivity index (χ1n) is 9.85. The molecule has 3 heterocycles. The lowest BCUT2D eigenvalue weighted by Crippen LogP contribution is -2.45. The van der Waals surface area contributed by atoms with Crippen LogP contribution in [0.3, 0.4) is 0 Å². The Morgan fingerprint density at radius 2 is 2.00 bits per heavy atom. The molecule has 3 aliphatic rings. The van der Waals surface area contributed by atoms with Crippen molar-refractivity contribution in [2.75, 3.05) is 33.3 Å². The number of nitrogens with zero attached hydrogens (tertiary/aromatic N) is 3. The second-order valence-corrected chi connectivity index (χ2v) is 8.25. The number of likely N-dealkylation sites (tertiary alicyclic amines) is 2. The number of fused-ring (bicyclic) bond motifs is 1. The average molecular weight is 408 g/mol. The van der Waals surface area contributed by atoms with E-state index in [0.717, 1.165) is 42.4 Å². The fourth-order valence-corrected chi connectivity index (χ4v) is 4.98. The summed E-state index contributed by atoms with van der Waals surface area (Å²) in [4.78, 5) is 29.9. The molecular weight excluding hydrogens is 382 g/mol. The zero-order valence-corrected chi connectivity index (χ0v) is 16.8. The minimum atomic E-state index is -0.900. The van der Waals surface area contributed by atoms with Crippen molar-refractivity contribution in [3.05, 3.63) is 33.8 Å². The summed E-state index contributed by atoms with van der Waals surface area (Å²) < 4.78 is 5.38. The molecule has 1 aromatic carbocycles. The van der Waals surface area contributed by atoms with Gasteiger partial charge in [-0.2, -0.15) is 0 Å². The molecule has 7 nitrogen and oxygen atoms in total. The van der Waals surface area contributed by atoms with Gasteiger partial charge in [0.15, 0.2) is 0 Å². The minimum absolute atomic E-state index is 0.0348. The molecule has 0 radical (unpaired) electrons. The van der Waals surface area contributed by atoms with Crippen LogP contribution in [0.25, 0.3) is 0 Å². The number of ether oxygens (including phenoxy) is 1. The molecule has 0 saturated carbocycles. The highest BCUT2D eigenvalue weighted by Gasteiger charge is 2.35. The molecule has 3 amide bonds. The molecule has 0 aliphatic carbocycles. The Morgan fingerprint density at radius 3 is 2.71 bits per heavy atom. The van der Waals surface area contributed by atoms with E-state index in [0.29, 0.717) is 37.7 Å². The van der Waals surface area contributed by atoms with Crippen LogP contribution in [0.1, 0.15) is 42.0 Å². The topological polar surface area (TPSA) is 73.3 Å². The van der Waals surface area contributed by atoms with E-state index >= 15 is 0 Å². The lowest BCUT2D eigenvalue weighted by atomic mass is 9.90. The number of amides is 3. The van der Waals surface area contributed by atoms with Gasteiger partial charge in [-0.15, -0.1) is 0 Å². The number of urea groups is 1. The van der Waals surface area contributed by atoms with Gasteiger partial charge in [0, 0.05) is 44.9 Å². The van der Waals surface area contributed by atoms with Crippen molar-refractivity contribution in [3.63, 3.8) is 0 Å². The van der Waals surface area contributed by atoms with Crippen LogP contribution in [0.4, 0.5) is 9.59 Å². The van der Waals surface area contributed by atoms with Gasteiger partial charge in [0.1, 0.15) is 0 Å². The monoisotopic (exact) mass is 407 g/mol. The number of benzene rings is 1. The molecule has 2 atom stereocenters. The van der Waals surface area contributed by atoms with Crippen LogP contribution in [0, 0.1) is 0 Å². The molecule has 28 heavy (non-hydrogen) atoms. The van der Waals surface area contributed by atoms with Crippen molar-refractivity contribution in [2.24, 2.45) is 0 Å².